The average Bonchev–Trinajstić information content (AvgIpc) is 3.31. The Morgan fingerprint density at radius 2 is 1.62 bits per heavy atom. The number of nitrogens with zero attached hydrogens (tertiary/aromatic N) is 2. The van der Waals surface area contributed by atoms with Crippen LogP contribution in [0.1, 0.15) is 28.3 Å². The number of rotatable bonds is 10. The third kappa shape index (κ3) is 5.46. The topological polar surface area (TPSA) is 34.5 Å². The Balaban J connectivity index is 1.61. The highest BCUT2D eigenvalue weighted by Crippen LogP contribution is 2.28. The van der Waals surface area contributed by atoms with Crippen LogP contribution in [0.4, 0.5) is 0 Å². The summed E-state index contributed by atoms with van der Waals surface area (Å²) in [5, 5.41) is 0. The lowest BCUT2D eigenvalue weighted by atomic mass is 9.90. The van der Waals surface area contributed by atoms with Crippen molar-refractivity contribution < 1.29 is 9.53 Å². The number of carbonyl (C=O) groups excluding carboxylic acids is 1. The maximum absolute atomic E-state index is 14.0. The van der Waals surface area contributed by atoms with Gasteiger partial charge in [0.25, 0.3) is 0 Å². The quantitative estimate of drug-likeness (QED) is 0.282. The number of ether oxygens (including phenoxy) is 1. The molecule has 4 aromatic rings. The Bertz CT molecular complexity index is 1180. The van der Waals surface area contributed by atoms with Crippen molar-refractivity contribution in [3.63, 3.8) is 0 Å². The van der Waals surface area contributed by atoms with Gasteiger partial charge in [0.2, 0.25) is 5.91 Å². The summed E-state index contributed by atoms with van der Waals surface area (Å²) in [6.45, 7) is 5.59. The van der Waals surface area contributed by atoms with Crippen molar-refractivity contribution in [2.45, 2.75) is 19.0 Å². The monoisotopic (exact) mass is 450 g/mol. The minimum atomic E-state index is -0.371. The summed E-state index contributed by atoms with van der Waals surface area (Å²) >= 11 is 0. The van der Waals surface area contributed by atoms with E-state index in [-0.39, 0.29) is 11.8 Å². The van der Waals surface area contributed by atoms with Gasteiger partial charge in [-0.15, -0.1) is 6.58 Å². The number of methoxy groups -OCH3 is 1. The molecule has 0 bridgehead atoms. The Morgan fingerprint density at radius 3 is 2.24 bits per heavy atom. The predicted octanol–water partition coefficient (Wildman–Crippen LogP) is 5.89. The maximum Gasteiger partial charge on any atom is 0.235 e. The van der Waals surface area contributed by atoms with E-state index in [2.05, 4.69) is 29.5 Å². The maximum atomic E-state index is 14.0. The largest absolute Gasteiger partial charge is 0.497 e. The molecule has 0 spiro atoms. The molecule has 4 rings (SSSR count). The van der Waals surface area contributed by atoms with Crippen molar-refractivity contribution in [3.05, 3.63) is 138 Å². The minimum absolute atomic E-state index is 0.0615. The molecule has 172 valence electrons. The first-order valence-corrected chi connectivity index (χ1v) is 11.5. The second-order valence-corrected chi connectivity index (χ2v) is 8.24. The molecular weight excluding hydrogens is 420 g/mol. The van der Waals surface area contributed by atoms with Crippen molar-refractivity contribution >= 4 is 5.91 Å². The first kappa shape index (κ1) is 23.1. The second kappa shape index (κ2) is 11.2. The zero-order chi connectivity index (χ0) is 23.8. The summed E-state index contributed by atoms with van der Waals surface area (Å²) in [5.41, 5.74) is 4.18. The van der Waals surface area contributed by atoms with E-state index >= 15 is 0 Å². The highest BCUT2D eigenvalue weighted by Gasteiger charge is 2.27. The van der Waals surface area contributed by atoms with Crippen LogP contribution in [0.15, 0.2) is 116 Å². The van der Waals surface area contributed by atoms with Crippen LogP contribution in [0.25, 0.3) is 0 Å². The van der Waals surface area contributed by atoms with Gasteiger partial charge in [-0.25, -0.2) is 0 Å². The van der Waals surface area contributed by atoms with Crippen LogP contribution in [0.2, 0.25) is 0 Å². The zero-order valence-corrected chi connectivity index (χ0v) is 19.5. The van der Waals surface area contributed by atoms with E-state index in [4.69, 9.17) is 4.74 Å². The van der Waals surface area contributed by atoms with Gasteiger partial charge in [0.1, 0.15) is 5.75 Å². The normalized spacial score (nSPS) is 10.8. The predicted molar refractivity (Wildman–Crippen MR) is 137 cm³/mol. The Morgan fingerprint density at radius 1 is 0.941 bits per heavy atom. The molecule has 0 unspecified atom stereocenters. The fourth-order valence-corrected chi connectivity index (χ4v) is 4.25. The number of aromatic nitrogens is 1. The number of hydrogen-bond donors (Lipinski definition) is 0. The molecule has 3 aromatic carbocycles. The smallest absolute Gasteiger partial charge is 0.235 e. The van der Waals surface area contributed by atoms with Crippen molar-refractivity contribution in [1.29, 1.82) is 0 Å². The highest BCUT2D eigenvalue weighted by molar-refractivity contribution is 5.87. The SMILES string of the molecule is C=CCN(Cc1cccn1Cc1cccc(OC)c1)C(=O)C(c1ccccc1)c1ccccc1. The van der Waals surface area contributed by atoms with Crippen LogP contribution in [-0.2, 0) is 17.9 Å². The lowest BCUT2D eigenvalue weighted by molar-refractivity contribution is -0.132. The molecule has 1 amide bonds. The summed E-state index contributed by atoms with van der Waals surface area (Å²) in [6, 6.07) is 32.1. The first-order chi connectivity index (χ1) is 16.7. The number of hydrogen-bond acceptors (Lipinski definition) is 2. The lowest BCUT2D eigenvalue weighted by Crippen LogP contribution is -2.36. The molecule has 0 radical (unpaired) electrons. The number of benzene rings is 3. The summed E-state index contributed by atoms with van der Waals surface area (Å²) in [6.07, 6.45) is 3.84. The van der Waals surface area contributed by atoms with E-state index in [0.717, 1.165) is 28.1 Å². The molecule has 0 fully saturated rings. The molecule has 0 N–H and O–H groups in total. The Labute approximate surface area is 201 Å². The Kier molecular flexibility index (Phi) is 7.61. The van der Waals surface area contributed by atoms with Crippen molar-refractivity contribution in [2.75, 3.05) is 13.7 Å². The van der Waals surface area contributed by atoms with Crippen molar-refractivity contribution in [3.8, 4) is 5.75 Å². The van der Waals surface area contributed by atoms with Crippen LogP contribution in [0.3, 0.4) is 0 Å². The standard InChI is InChI=1S/C30H30N2O2/c1-3-19-32(23-27-17-11-20-31(27)22-24-12-10-18-28(21-24)34-2)30(33)29(25-13-6-4-7-14-25)26-15-8-5-9-16-26/h3-18,20-21,29H,1,19,22-23H2,2H3. The highest BCUT2D eigenvalue weighted by atomic mass is 16.5. The van der Waals surface area contributed by atoms with Crippen molar-refractivity contribution in [2.24, 2.45) is 0 Å². The van der Waals surface area contributed by atoms with Gasteiger partial charge in [-0.1, -0.05) is 78.9 Å². The Hall–Kier alpha value is -4.05. The van der Waals surface area contributed by atoms with E-state index in [0.29, 0.717) is 19.6 Å². The molecule has 0 saturated carbocycles. The second-order valence-electron chi connectivity index (χ2n) is 8.24. The average molecular weight is 451 g/mol. The molecule has 0 aliphatic rings. The summed E-state index contributed by atoms with van der Waals surface area (Å²) in [7, 11) is 1.68. The summed E-state index contributed by atoms with van der Waals surface area (Å²) in [5.74, 6) is 0.527. The molecule has 34 heavy (non-hydrogen) atoms. The van der Waals surface area contributed by atoms with E-state index < -0.39 is 0 Å². The van der Waals surface area contributed by atoms with Gasteiger partial charge < -0.3 is 14.2 Å². The minimum Gasteiger partial charge on any atom is -0.497 e. The number of carbonyl (C=O) groups is 1. The third-order valence-electron chi connectivity index (χ3n) is 5.94. The van der Waals surface area contributed by atoms with Crippen LogP contribution >= 0.6 is 0 Å². The van der Waals surface area contributed by atoms with Gasteiger partial charge in [0.05, 0.1) is 19.6 Å². The molecule has 0 saturated heterocycles. The van der Waals surface area contributed by atoms with Gasteiger partial charge >= 0.3 is 0 Å². The van der Waals surface area contributed by atoms with E-state index in [1.807, 2.05) is 89.8 Å². The molecule has 1 aromatic heterocycles. The van der Waals surface area contributed by atoms with E-state index in [1.54, 1.807) is 13.2 Å². The van der Waals surface area contributed by atoms with Crippen LogP contribution in [-0.4, -0.2) is 29.0 Å². The van der Waals surface area contributed by atoms with Gasteiger partial charge in [-0.05, 0) is 41.0 Å². The van der Waals surface area contributed by atoms with Crippen LogP contribution in [0, 0.1) is 0 Å². The molecule has 0 aliphatic carbocycles. The van der Waals surface area contributed by atoms with Gasteiger partial charge in [0.15, 0.2) is 0 Å². The van der Waals surface area contributed by atoms with E-state index in [1.165, 1.54) is 0 Å². The van der Waals surface area contributed by atoms with Crippen LogP contribution in [0.5, 0.6) is 5.75 Å². The zero-order valence-electron chi connectivity index (χ0n) is 19.5. The molecule has 0 aliphatic heterocycles. The molecule has 0 atom stereocenters. The molecule has 1 heterocycles. The van der Waals surface area contributed by atoms with Crippen molar-refractivity contribution in [1.82, 2.24) is 9.47 Å². The molecule has 4 nitrogen and oxygen atoms in total. The third-order valence-corrected chi connectivity index (χ3v) is 5.94. The molecule has 4 heteroatoms. The first-order valence-electron chi connectivity index (χ1n) is 11.5. The summed E-state index contributed by atoms with van der Waals surface area (Å²) < 4.78 is 7.55. The fraction of sp³-hybridized carbons (Fsp3) is 0.167. The van der Waals surface area contributed by atoms with Crippen LogP contribution < -0.4 is 4.74 Å². The van der Waals surface area contributed by atoms with Gasteiger partial charge in [-0.3, -0.25) is 4.79 Å². The lowest BCUT2D eigenvalue weighted by Gasteiger charge is -2.28. The fourth-order valence-electron chi connectivity index (χ4n) is 4.25. The summed E-state index contributed by atoms with van der Waals surface area (Å²) in [4.78, 5) is 15.8. The number of amides is 1. The van der Waals surface area contributed by atoms with E-state index in [9.17, 15) is 4.79 Å². The van der Waals surface area contributed by atoms with Gasteiger partial charge in [-0.2, -0.15) is 0 Å². The molecular formula is C30H30N2O2. The van der Waals surface area contributed by atoms with Gasteiger partial charge in [0, 0.05) is 25.0 Å².